The molecular weight excluding hydrogens is 559 g/mol. The average Bonchev–Trinajstić information content (AvgIpc) is 2.83. The molecule has 0 saturated heterocycles. The van der Waals surface area contributed by atoms with Crippen molar-refractivity contribution in [2.24, 2.45) is 0 Å². The minimum Gasteiger partial charge on any atom is -0.481 e. The molecule has 0 saturated carbocycles. The monoisotopic (exact) mass is 586 g/mol. The molecule has 0 aliphatic carbocycles. The first-order valence-corrected chi connectivity index (χ1v) is 11.4. The number of pyridine rings is 2. The van der Waals surface area contributed by atoms with Crippen LogP contribution in [0.4, 0.5) is 0 Å². The van der Waals surface area contributed by atoms with E-state index in [0.717, 1.165) is 47.0 Å². The number of carbonyl (C=O) groups is 2. The summed E-state index contributed by atoms with van der Waals surface area (Å²) < 4.78 is 0. The molecule has 0 spiro atoms. The van der Waals surface area contributed by atoms with Gasteiger partial charge in [-0.1, -0.05) is 72.8 Å². The van der Waals surface area contributed by atoms with Crippen LogP contribution in [-0.2, 0) is 30.0 Å². The topological polar surface area (TPSA) is 100 Å². The van der Waals surface area contributed by atoms with E-state index in [2.05, 4.69) is 86.6 Å². The van der Waals surface area contributed by atoms with E-state index in [1.54, 1.807) is 0 Å². The van der Waals surface area contributed by atoms with Gasteiger partial charge in [0.1, 0.15) is 0 Å². The second-order valence-corrected chi connectivity index (χ2v) is 8.25. The maximum Gasteiger partial charge on any atom is 0.300 e. The molecule has 0 radical (unpaired) electrons. The molecule has 0 bridgehead atoms. The van der Waals surface area contributed by atoms with Crippen molar-refractivity contribution >= 4 is 33.7 Å². The Hall–Kier alpha value is -3.92. The Balaban J connectivity index is 0.000000473. The van der Waals surface area contributed by atoms with Gasteiger partial charge in [-0.05, 0) is 48.2 Å². The molecule has 192 valence electrons. The molecule has 5 aromatic rings. The molecule has 0 aliphatic heterocycles. The van der Waals surface area contributed by atoms with E-state index in [-0.39, 0.29) is 20.4 Å². The largest absolute Gasteiger partial charge is 0.481 e. The third kappa shape index (κ3) is 7.78. The summed E-state index contributed by atoms with van der Waals surface area (Å²) in [5.41, 5.74) is 8.76. The van der Waals surface area contributed by atoms with E-state index in [1.807, 2.05) is 12.1 Å². The number of hydrogen-bond donors (Lipinski definition) is 2. The molecule has 3 aromatic carbocycles. The molecule has 6 nitrogen and oxygen atoms in total. The van der Waals surface area contributed by atoms with Gasteiger partial charge in [0.2, 0.25) is 0 Å². The summed E-state index contributed by atoms with van der Waals surface area (Å²) in [5.74, 6) is -1.67. The molecule has 2 heterocycles. The van der Waals surface area contributed by atoms with Crippen LogP contribution < -0.4 is 0 Å². The number of carboxylic acid groups (broad SMARTS) is 2. The third-order valence-electron chi connectivity index (χ3n) is 5.18. The van der Waals surface area contributed by atoms with Crippen LogP contribution in [0.1, 0.15) is 25.2 Å². The quantitative estimate of drug-likeness (QED) is 0.172. The second-order valence-electron chi connectivity index (χ2n) is 8.25. The van der Waals surface area contributed by atoms with Crippen LogP contribution in [0.5, 0.6) is 0 Å². The number of carboxylic acids is 2. The van der Waals surface area contributed by atoms with Crippen LogP contribution in [0.2, 0.25) is 0 Å². The van der Waals surface area contributed by atoms with Crippen LogP contribution >= 0.6 is 0 Å². The number of benzene rings is 3. The van der Waals surface area contributed by atoms with E-state index >= 15 is 0 Å². The average molecular weight is 587 g/mol. The van der Waals surface area contributed by atoms with Crippen molar-refractivity contribution in [3.63, 3.8) is 0 Å². The molecule has 0 unspecified atom stereocenters. The predicted octanol–water partition coefficient (Wildman–Crippen LogP) is 6.91. The first kappa shape index (κ1) is 29.3. The fraction of sp³-hybridized carbons (Fsp3) is 0.133. The van der Waals surface area contributed by atoms with Crippen molar-refractivity contribution in [2.75, 3.05) is 0 Å². The minimum atomic E-state index is -0.833. The summed E-state index contributed by atoms with van der Waals surface area (Å²) in [4.78, 5) is 27.8. The summed E-state index contributed by atoms with van der Waals surface area (Å²) in [6, 6.07) is 29.7. The van der Waals surface area contributed by atoms with E-state index in [0.29, 0.717) is 0 Å². The third-order valence-corrected chi connectivity index (χ3v) is 5.18. The Morgan fingerprint density at radius 3 is 1.19 bits per heavy atom. The van der Waals surface area contributed by atoms with Crippen LogP contribution in [0.3, 0.4) is 0 Å². The molecule has 0 aliphatic rings. The van der Waals surface area contributed by atoms with Crippen molar-refractivity contribution in [1.29, 1.82) is 0 Å². The molecule has 37 heavy (non-hydrogen) atoms. The van der Waals surface area contributed by atoms with Gasteiger partial charge < -0.3 is 10.2 Å². The zero-order valence-electron chi connectivity index (χ0n) is 21.0. The van der Waals surface area contributed by atoms with E-state index in [4.69, 9.17) is 29.8 Å². The Bertz CT molecular complexity index is 1400. The Morgan fingerprint density at radius 2 is 0.892 bits per heavy atom. The van der Waals surface area contributed by atoms with Gasteiger partial charge in [-0.15, -0.1) is 0 Å². The predicted molar refractivity (Wildman–Crippen MR) is 144 cm³/mol. The van der Waals surface area contributed by atoms with Crippen molar-refractivity contribution in [3.8, 4) is 22.3 Å². The summed E-state index contributed by atoms with van der Waals surface area (Å²) in [5, 5.41) is 17.1. The molecule has 2 aromatic heterocycles. The standard InChI is InChI=1S/C26H20N2.2C2H4O2.Pd/c1-17-15-23(19-9-5-3-6-10-19)21-13-14-22-24(20-11-7-4-8-12-20)16-18(2)28-26(22)25(21)27-17;2*1-2(3)4;/h3-16H,1-2H3;2*1H3,(H,3,4);. The van der Waals surface area contributed by atoms with Gasteiger partial charge in [0.15, 0.2) is 0 Å². The van der Waals surface area contributed by atoms with Gasteiger partial charge in [0, 0.05) is 56.4 Å². The normalized spacial score (nSPS) is 9.84. The zero-order chi connectivity index (χ0) is 26.2. The van der Waals surface area contributed by atoms with Crippen molar-refractivity contribution < 1.29 is 40.2 Å². The number of fused-ring (bicyclic) bond motifs is 3. The second kappa shape index (κ2) is 13.4. The molecule has 5 rings (SSSR count). The fourth-order valence-electron chi connectivity index (χ4n) is 3.94. The number of aliphatic carboxylic acids is 2. The summed E-state index contributed by atoms with van der Waals surface area (Å²) in [7, 11) is 0. The summed E-state index contributed by atoms with van der Waals surface area (Å²) in [6.45, 7) is 6.28. The Labute approximate surface area is 229 Å². The number of rotatable bonds is 2. The smallest absolute Gasteiger partial charge is 0.300 e. The molecule has 7 heteroatoms. The van der Waals surface area contributed by atoms with Crippen molar-refractivity contribution in [2.45, 2.75) is 27.7 Å². The van der Waals surface area contributed by atoms with Gasteiger partial charge >= 0.3 is 0 Å². The Morgan fingerprint density at radius 1 is 0.595 bits per heavy atom. The van der Waals surface area contributed by atoms with Crippen LogP contribution in [0.15, 0.2) is 84.9 Å². The number of nitrogens with zero attached hydrogens (tertiary/aromatic N) is 2. The number of aromatic nitrogens is 2. The van der Waals surface area contributed by atoms with E-state index in [9.17, 15) is 0 Å². The molecule has 0 amide bonds. The molecule has 0 atom stereocenters. The van der Waals surface area contributed by atoms with Crippen molar-refractivity contribution in [3.05, 3.63) is 96.3 Å². The SMILES string of the molecule is CC(=O)O.CC(=O)O.Cc1cc(-c2ccccc2)c2ccc3c(-c4ccccc4)cc(C)nc3c2n1.[Pd]. The van der Waals surface area contributed by atoms with E-state index in [1.165, 1.54) is 22.3 Å². The van der Waals surface area contributed by atoms with E-state index < -0.39 is 11.9 Å². The Kier molecular flexibility index (Phi) is 10.6. The number of hydrogen-bond acceptors (Lipinski definition) is 4. The fourth-order valence-corrected chi connectivity index (χ4v) is 3.94. The summed E-state index contributed by atoms with van der Waals surface area (Å²) in [6.07, 6.45) is 0. The first-order valence-electron chi connectivity index (χ1n) is 11.4. The minimum absolute atomic E-state index is 0. The maximum absolute atomic E-state index is 9.00. The van der Waals surface area contributed by atoms with Gasteiger partial charge in [-0.3, -0.25) is 19.6 Å². The molecular formula is C30H28N2O4Pd. The van der Waals surface area contributed by atoms with Gasteiger partial charge in [0.25, 0.3) is 11.9 Å². The molecule has 0 fully saturated rings. The van der Waals surface area contributed by atoms with Crippen LogP contribution in [-0.4, -0.2) is 32.1 Å². The van der Waals surface area contributed by atoms with Gasteiger partial charge in [-0.2, -0.15) is 0 Å². The van der Waals surface area contributed by atoms with Gasteiger partial charge in [-0.25, -0.2) is 0 Å². The number of aryl methyl sites for hydroxylation is 2. The molecule has 2 N–H and O–H groups in total. The first-order chi connectivity index (χ1) is 17.2. The maximum atomic E-state index is 9.00. The summed E-state index contributed by atoms with van der Waals surface area (Å²) >= 11 is 0. The van der Waals surface area contributed by atoms with Crippen LogP contribution in [0.25, 0.3) is 44.1 Å². The zero-order valence-corrected chi connectivity index (χ0v) is 22.6. The van der Waals surface area contributed by atoms with Crippen LogP contribution in [0, 0.1) is 13.8 Å². The van der Waals surface area contributed by atoms with Gasteiger partial charge in [0.05, 0.1) is 11.0 Å². The van der Waals surface area contributed by atoms with Crippen molar-refractivity contribution in [1.82, 2.24) is 9.97 Å².